The molecule has 0 heterocycles. The molecule has 0 aliphatic carbocycles. The quantitative estimate of drug-likeness (QED) is 0.543. The smallest absolute Gasteiger partial charge is 0.133 e. The van der Waals surface area contributed by atoms with Crippen LogP contribution in [0.3, 0.4) is 0 Å². The Balaban J connectivity index is 2.51. The number of allylic oxidation sites excluding steroid dienone is 1. The number of nitriles is 1. The normalized spacial score (nSPS) is 11.2. The molecule has 0 bridgehead atoms. The standard InChI is InChI=1S/C15H7Cl2F2N/c16-11-1-2-14(15(19)7-11)10(8-20)3-9-4-12(17)6-13(18)5-9/h1-7H. The van der Waals surface area contributed by atoms with Crippen LogP contribution in [-0.4, -0.2) is 0 Å². The predicted octanol–water partition coefficient (Wildman–Crippen LogP) is 5.34. The number of halogens is 4. The molecular weight excluding hydrogens is 303 g/mol. The Hall–Kier alpha value is -1.89. The molecule has 0 aromatic heterocycles. The van der Waals surface area contributed by atoms with Gasteiger partial charge >= 0.3 is 0 Å². The molecule has 0 unspecified atom stereocenters. The van der Waals surface area contributed by atoms with E-state index in [9.17, 15) is 8.78 Å². The van der Waals surface area contributed by atoms with Gasteiger partial charge in [-0.05, 0) is 48.0 Å². The van der Waals surface area contributed by atoms with Crippen molar-refractivity contribution in [3.8, 4) is 6.07 Å². The third kappa shape index (κ3) is 3.36. The number of benzene rings is 2. The van der Waals surface area contributed by atoms with Gasteiger partial charge in [-0.3, -0.25) is 0 Å². The molecule has 5 heteroatoms. The summed E-state index contributed by atoms with van der Waals surface area (Å²) >= 11 is 11.4. The Bertz CT molecular complexity index is 713. The zero-order chi connectivity index (χ0) is 14.7. The summed E-state index contributed by atoms with van der Waals surface area (Å²) < 4.78 is 27.0. The van der Waals surface area contributed by atoms with E-state index < -0.39 is 11.6 Å². The lowest BCUT2D eigenvalue weighted by Crippen LogP contribution is -1.88. The third-order valence-electron chi connectivity index (χ3n) is 2.54. The van der Waals surface area contributed by atoms with Crippen molar-refractivity contribution >= 4 is 34.9 Å². The van der Waals surface area contributed by atoms with Crippen molar-refractivity contribution < 1.29 is 8.78 Å². The van der Waals surface area contributed by atoms with E-state index in [-0.39, 0.29) is 21.2 Å². The first kappa shape index (κ1) is 14.5. The Morgan fingerprint density at radius 3 is 2.40 bits per heavy atom. The van der Waals surface area contributed by atoms with E-state index in [1.54, 1.807) is 0 Å². The van der Waals surface area contributed by atoms with Crippen LogP contribution in [0.25, 0.3) is 11.6 Å². The van der Waals surface area contributed by atoms with Gasteiger partial charge in [-0.15, -0.1) is 0 Å². The summed E-state index contributed by atoms with van der Waals surface area (Å²) in [6, 6.07) is 9.70. The van der Waals surface area contributed by atoms with Crippen molar-refractivity contribution in [1.82, 2.24) is 0 Å². The van der Waals surface area contributed by atoms with Gasteiger partial charge in [0.1, 0.15) is 11.6 Å². The molecule has 20 heavy (non-hydrogen) atoms. The Morgan fingerprint density at radius 2 is 1.80 bits per heavy atom. The van der Waals surface area contributed by atoms with E-state index in [0.29, 0.717) is 5.56 Å². The predicted molar refractivity (Wildman–Crippen MR) is 76.3 cm³/mol. The second-order valence-electron chi connectivity index (χ2n) is 4.00. The van der Waals surface area contributed by atoms with Gasteiger partial charge in [-0.1, -0.05) is 23.2 Å². The topological polar surface area (TPSA) is 23.8 Å². The summed E-state index contributed by atoms with van der Waals surface area (Å²) in [5.74, 6) is -1.15. The molecule has 0 saturated carbocycles. The Kier molecular flexibility index (Phi) is 4.39. The lowest BCUT2D eigenvalue weighted by molar-refractivity contribution is 0.624. The van der Waals surface area contributed by atoms with Gasteiger partial charge in [0.25, 0.3) is 0 Å². The minimum Gasteiger partial charge on any atom is -0.207 e. The average Bonchev–Trinajstić information content (AvgIpc) is 2.35. The van der Waals surface area contributed by atoms with Crippen LogP contribution in [0, 0.1) is 23.0 Å². The van der Waals surface area contributed by atoms with Crippen molar-refractivity contribution in [1.29, 1.82) is 5.26 Å². The summed E-state index contributed by atoms with van der Waals surface area (Å²) in [7, 11) is 0. The van der Waals surface area contributed by atoms with E-state index in [0.717, 1.165) is 12.1 Å². The zero-order valence-corrected chi connectivity index (χ0v) is 11.5. The van der Waals surface area contributed by atoms with Crippen LogP contribution in [0.5, 0.6) is 0 Å². The van der Waals surface area contributed by atoms with Crippen LogP contribution in [0.15, 0.2) is 36.4 Å². The summed E-state index contributed by atoms with van der Waals surface area (Å²) in [6.45, 7) is 0. The molecule has 0 N–H and O–H groups in total. The molecule has 0 radical (unpaired) electrons. The highest BCUT2D eigenvalue weighted by Crippen LogP contribution is 2.24. The Morgan fingerprint density at radius 1 is 1.05 bits per heavy atom. The summed E-state index contributed by atoms with van der Waals surface area (Å²) in [6.07, 6.45) is 1.36. The van der Waals surface area contributed by atoms with Crippen LogP contribution >= 0.6 is 23.2 Å². The fourth-order valence-electron chi connectivity index (χ4n) is 1.70. The van der Waals surface area contributed by atoms with Gasteiger partial charge < -0.3 is 0 Å². The minimum atomic E-state index is -0.618. The molecular formula is C15H7Cl2F2N. The first-order valence-electron chi connectivity index (χ1n) is 5.53. The van der Waals surface area contributed by atoms with Gasteiger partial charge in [0, 0.05) is 15.6 Å². The lowest BCUT2D eigenvalue weighted by atomic mass is 10.0. The largest absolute Gasteiger partial charge is 0.207 e. The summed E-state index contributed by atoms with van der Waals surface area (Å²) in [4.78, 5) is 0. The molecule has 2 aromatic rings. The molecule has 0 aliphatic heterocycles. The third-order valence-corrected chi connectivity index (χ3v) is 2.99. The second-order valence-corrected chi connectivity index (χ2v) is 4.87. The monoisotopic (exact) mass is 309 g/mol. The van der Waals surface area contributed by atoms with Crippen LogP contribution < -0.4 is 0 Å². The maximum absolute atomic E-state index is 13.8. The van der Waals surface area contributed by atoms with Crippen molar-refractivity contribution in [2.24, 2.45) is 0 Å². The molecule has 2 rings (SSSR count). The van der Waals surface area contributed by atoms with Crippen LogP contribution in [0.4, 0.5) is 8.78 Å². The van der Waals surface area contributed by atoms with Gasteiger partial charge in [0.2, 0.25) is 0 Å². The average molecular weight is 310 g/mol. The molecule has 100 valence electrons. The minimum absolute atomic E-state index is 0.0563. The van der Waals surface area contributed by atoms with Crippen molar-refractivity contribution in [3.63, 3.8) is 0 Å². The van der Waals surface area contributed by atoms with E-state index >= 15 is 0 Å². The van der Waals surface area contributed by atoms with Gasteiger partial charge in [-0.25, -0.2) is 8.78 Å². The maximum atomic E-state index is 13.8. The Labute approximate surface area is 124 Å². The summed E-state index contributed by atoms with van der Waals surface area (Å²) in [5.41, 5.74) is 0.527. The molecule has 0 spiro atoms. The van der Waals surface area contributed by atoms with E-state index in [1.807, 2.05) is 6.07 Å². The van der Waals surface area contributed by atoms with Gasteiger partial charge in [0.15, 0.2) is 0 Å². The van der Waals surface area contributed by atoms with Crippen molar-refractivity contribution in [2.75, 3.05) is 0 Å². The fraction of sp³-hybridized carbons (Fsp3) is 0. The first-order chi connectivity index (χ1) is 9.49. The summed E-state index contributed by atoms with van der Waals surface area (Å²) in [5, 5.41) is 9.56. The lowest BCUT2D eigenvalue weighted by Gasteiger charge is -2.03. The molecule has 2 aromatic carbocycles. The highest BCUT2D eigenvalue weighted by molar-refractivity contribution is 6.31. The highest BCUT2D eigenvalue weighted by Gasteiger charge is 2.09. The van der Waals surface area contributed by atoms with E-state index in [4.69, 9.17) is 28.5 Å². The maximum Gasteiger partial charge on any atom is 0.133 e. The van der Waals surface area contributed by atoms with Gasteiger partial charge in [-0.2, -0.15) is 5.26 Å². The number of rotatable bonds is 2. The molecule has 0 atom stereocenters. The van der Waals surface area contributed by atoms with Crippen LogP contribution in [-0.2, 0) is 0 Å². The molecule has 0 aliphatic rings. The molecule has 1 nitrogen and oxygen atoms in total. The number of hydrogen-bond donors (Lipinski definition) is 0. The van der Waals surface area contributed by atoms with Crippen molar-refractivity contribution in [2.45, 2.75) is 0 Å². The van der Waals surface area contributed by atoms with E-state index in [2.05, 4.69) is 0 Å². The van der Waals surface area contributed by atoms with Gasteiger partial charge in [0.05, 0.1) is 11.6 Å². The zero-order valence-electron chi connectivity index (χ0n) is 10.0. The van der Waals surface area contributed by atoms with Crippen LogP contribution in [0.1, 0.15) is 11.1 Å². The SMILES string of the molecule is N#CC(=Cc1cc(F)cc(Cl)c1)c1ccc(Cl)cc1F. The van der Waals surface area contributed by atoms with E-state index in [1.165, 1.54) is 30.3 Å². The molecule has 0 amide bonds. The fourth-order valence-corrected chi connectivity index (χ4v) is 2.09. The first-order valence-corrected chi connectivity index (χ1v) is 6.28. The highest BCUT2D eigenvalue weighted by atomic mass is 35.5. The molecule has 0 fully saturated rings. The number of nitrogens with zero attached hydrogens (tertiary/aromatic N) is 1. The van der Waals surface area contributed by atoms with Crippen molar-refractivity contribution in [3.05, 3.63) is 69.2 Å². The van der Waals surface area contributed by atoms with Crippen LogP contribution in [0.2, 0.25) is 10.0 Å². The molecule has 0 saturated heterocycles. The second kappa shape index (κ2) is 6.04. The number of hydrogen-bond acceptors (Lipinski definition) is 1.